The Hall–Kier alpha value is -1.00. The Morgan fingerprint density at radius 3 is 2.42 bits per heavy atom. The van der Waals surface area contributed by atoms with Crippen LogP contribution in [0.2, 0.25) is 0 Å². The quantitative estimate of drug-likeness (QED) is 0.828. The molecule has 1 atom stereocenters. The van der Waals surface area contributed by atoms with Gasteiger partial charge < -0.3 is 4.90 Å². The van der Waals surface area contributed by atoms with Gasteiger partial charge in [0.2, 0.25) is 5.91 Å². The lowest BCUT2D eigenvalue weighted by atomic mass is 10.1. The van der Waals surface area contributed by atoms with E-state index in [0.29, 0.717) is 11.2 Å². The molecule has 0 aromatic heterocycles. The zero-order valence-electron chi connectivity index (χ0n) is 15.0. The van der Waals surface area contributed by atoms with Crippen LogP contribution in [-0.2, 0) is 4.79 Å². The number of carbonyl (C=O) groups is 1. The van der Waals surface area contributed by atoms with Crippen LogP contribution in [0, 0.1) is 6.92 Å². The third-order valence-corrected chi connectivity index (χ3v) is 6.73. The fourth-order valence-electron chi connectivity index (χ4n) is 3.78. The molecule has 2 fully saturated rings. The zero-order valence-corrected chi connectivity index (χ0v) is 15.9. The molecule has 0 unspecified atom stereocenters. The van der Waals surface area contributed by atoms with Crippen molar-refractivity contribution in [2.24, 2.45) is 0 Å². The summed E-state index contributed by atoms with van der Waals surface area (Å²) in [6, 6.07) is 8.93. The number of likely N-dealkylation sites (tertiary alicyclic amines) is 2. The Labute approximate surface area is 150 Å². The number of thioether (sulfide) groups is 1. The average Bonchev–Trinajstić information content (AvgIpc) is 2.81. The predicted molar refractivity (Wildman–Crippen MR) is 102 cm³/mol. The fourth-order valence-corrected chi connectivity index (χ4v) is 4.90. The molecule has 1 aromatic rings. The number of rotatable bonds is 3. The lowest BCUT2D eigenvalue weighted by molar-refractivity contribution is -0.137. The Morgan fingerprint density at radius 2 is 1.71 bits per heavy atom. The molecular formula is C20H30N2OS. The highest BCUT2D eigenvalue weighted by Gasteiger charge is 2.31. The molecule has 24 heavy (non-hydrogen) atoms. The SMILES string of the molecule is Cc1ccc(SC2CCN(C(=O)[C@@H]3CCCCCN3C)CC2)cc1. The highest BCUT2D eigenvalue weighted by Crippen LogP contribution is 2.31. The van der Waals surface area contributed by atoms with Crippen LogP contribution < -0.4 is 0 Å². The van der Waals surface area contributed by atoms with Crippen LogP contribution in [-0.4, -0.2) is 53.7 Å². The number of hydrogen-bond donors (Lipinski definition) is 0. The summed E-state index contributed by atoms with van der Waals surface area (Å²) in [5, 5.41) is 0.642. The number of benzene rings is 1. The number of amides is 1. The summed E-state index contributed by atoms with van der Waals surface area (Å²) in [4.78, 5) is 18.7. The van der Waals surface area contributed by atoms with Gasteiger partial charge in [0, 0.05) is 23.2 Å². The van der Waals surface area contributed by atoms with Gasteiger partial charge in [0.25, 0.3) is 0 Å². The van der Waals surface area contributed by atoms with E-state index in [4.69, 9.17) is 0 Å². The number of likely N-dealkylation sites (N-methyl/N-ethyl adjacent to an activating group) is 1. The van der Waals surface area contributed by atoms with Crippen molar-refractivity contribution in [2.45, 2.75) is 61.6 Å². The molecule has 3 rings (SSSR count). The van der Waals surface area contributed by atoms with Crippen molar-refractivity contribution in [3.63, 3.8) is 0 Å². The lowest BCUT2D eigenvalue weighted by Gasteiger charge is -2.36. The number of piperidine rings is 1. The van der Waals surface area contributed by atoms with Gasteiger partial charge in [-0.05, 0) is 58.3 Å². The molecule has 2 heterocycles. The monoisotopic (exact) mass is 346 g/mol. The zero-order chi connectivity index (χ0) is 16.9. The molecule has 2 saturated heterocycles. The molecule has 2 aliphatic heterocycles. The van der Waals surface area contributed by atoms with Gasteiger partial charge in [-0.2, -0.15) is 0 Å². The molecular weight excluding hydrogens is 316 g/mol. The predicted octanol–water partition coefficient (Wildman–Crippen LogP) is 3.95. The minimum Gasteiger partial charge on any atom is -0.341 e. The van der Waals surface area contributed by atoms with Crippen molar-refractivity contribution < 1.29 is 4.79 Å². The third-order valence-electron chi connectivity index (χ3n) is 5.38. The van der Waals surface area contributed by atoms with Crippen molar-refractivity contribution in [2.75, 3.05) is 26.7 Å². The summed E-state index contributed by atoms with van der Waals surface area (Å²) in [6.45, 7) is 5.04. The molecule has 0 saturated carbocycles. The van der Waals surface area contributed by atoms with E-state index in [1.54, 1.807) is 0 Å². The summed E-state index contributed by atoms with van der Waals surface area (Å²) < 4.78 is 0. The van der Waals surface area contributed by atoms with Crippen molar-refractivity contribution in [3.8, 4) is 0 Å². The van der Waals surface area contributed by atoms with Crippen LogP contribution in [0.15, 0.2) is 29.2 Å². The smallest absolute Gasteiger partial charge is 0.239 e. The van der Waals surface area contributed by atoms with Gasteiger partial charge in [0.1, 0.15) is 0 Å². The Bertz CT molecular complexity index is 537. The van der Waals surface area contributed by atoms with E-state index in [9.17, 15) is 4.79 Å². The van der Waals surface area contributed by atoms with Gasteiger partial charge in [-0.3, -0.25) is 9.69 Å². The third kappa shape index (κ3) is 4.54. The topological polar surface area (TPSA) is 23.6 Å². The van der Waals surface area contributed by atoms with E-state index in [-0.39, 0.29) is 6.04 Å². The Kier molecular flexibility index (Phi) is 6.23. The van der Waals surface area contributed by atoms with E-state index in [2.05, 4.69) is 48.0 Å². The molecule has 3 nitrogen and oxygen atoms in total. The average molecular weight is 347 g/mol. The molecule has 2 aliphatic rings. The molecule has 1 aromatic carbocycles. The molecule has 4 heteroatoms. The molecule has 0 radical (unpaired) electrons. The largest absolute Gasteiger partial charge is 0.341 e. The maximum atomic E-state index is 12.9. The summed E-state index contributed by atoms with van der Waals surface area (Å²) in [5.41, 5.74) is 1.31. The summed E-state index contributed by atoms with van der Waals surface area (Å²) in [6.07, 6.45) is 6.95. The molecule has 1 amide bonds. The van der Waals surface area contributed by atoms with Gasteiger partial charge in [0.15, 0.2) is 0 Å². The second-order valence-corrected chi connectivity index (χ2v) is 8.68. The Morgan fingerprint density at radius 1 is 1.00 bits per heavy atom. The molecule has 132 valence electrons. The summed E-state index contributed by atoms with van der Waals surface area (Å²) in [7, 11) is 2.12. The van der Waals surface area contributed by atoms with Crippen LogP contribution in [0.4, 0.5) is 0 Å². The van der Waals surface area contributed by atoms with E-state index in [1.165, 1.54) is 29.7 Å². The van der Waals surface area contributed by atoms with Crippen LogP contribution in [0.25, 0.3) is 0 Å². The number of nitrogens with zero attached hydrogens (tertiary/aromatic N) is 2. The number of carbonyl (C=O) groups excluding carboxylic acids is 1. The number of hydrogen-bond acceptors (Lipinski definition) is 3. The summed E-state index contributed by atoms with van der Waals surface area (Å²) >= 11 is 1.98. The minimum atomic E-state index is 0.119. The van der Waals surface area contributed by atoms with E-state index in [0.717, 1.165) is 38.9 Å². The first-order chi connectivity index (χ1) is 11.6. The van der Waals surface area contributed by atoms with Crippen LogP contribution in [0.3, 0.4) is 0 Å². The minimum absolute atomic E-state index is 0.119. The highest BCUT2D eigenvalue weighted by molar-refractivity contribution is 8.00. The molecule has 0 spiro atoms. The Balaban J connectivity index is 1.50. The van der Waals surface area contributed by atoms with Crippen molar-refractivity contribution in [3.05, 3.63) is 29.8 Å². The normalized spacial score (nSPS) is 23.9. The second-order valence-electron chi connectivity index (χ2n) is 7.30. The molecule has 0 N–H and O–H groups in total. The summed E-state index contributed by atoms with van der Waals surface area (Å²) in [5.74, 6) is 0.373. The number of aryl methyl sites for hydroxylation is 1. The van der Waals surface area contributed by atoms with Crippen molar-refractivity contribution >= 4 is 17.7 Å². The van der Waals surface area contributed by atoms with Gasteiger partial charge in [-0.25, -0.2) is 0 Å². The first-order valence-corrected chi connectivity index (χ1v) is 10.2. The first kappa shape index (κ1) is 17.8. The van der Waals surface area contributed by atoms with Gasteiger partial charge >= 0.3 is 0 Å². The van der Waals surface area contributed by atoms with Crippen LogP contribution in [0.5, 0.6) is 0 Å². The van der Waals surface area contributed by atoms with E-state index < -0.39 is 0 Å². The second kappa shape index (κ2) is 8.39. The first-order valence-electron chi connectivity index (χ1n) is 9.36. The van der Waals surface area contributed by atoms with Crippen LogP contribution >= 0.6 is 11.8 Å². The van der Waals surface area contributed by atoms with Gasteiger partial charge in [-0.1, -0.05) is 30.5 Å². The van der Waals surface area contributed by atoms with E-state index in [1.807, 2.05) is 11.8 Å². The molecule has 0 bridgehead atoms. The highest BCUT2D eigenvalue weighted by atomic mass is 32.2. The standard InChI is InChI=1S/C20H30N2OS/c1-16-7-9-17(10-8-16)24-18-11-14-22(15-12-18)20(23)19-6-4-3-5-13-21(19)2/h7-10,18-19H,3-6,11-15H2,1-2H3/t19-/m0/s1. The van der Waals surface area contributed by atoms with E-state index >= 15 is 0 Å². The van der Waals surface area contributed by atoms with Crippen LogP contribution in [0.1, 0.15) is 44.1 Å². The molecule has 0 aliphatic carbocycles. The fraction of sp³-hybridized carbons (Fsp3) is 0.650. The van der Waals surface area contributed by atoms with Gasteiger partial charge in [-0.15, -0.1) is 11.8 Å². The maximum Gasteiger partial charge on any atom is 0.239 e. The van der Waals surface area contributed by atoms with Crippen molar-refractivity contribution in [1.29, 1.82) is 0 Å². The van der Waals surface area contributed by atoms with Gasteiger partial charge in [0.05, 0.1) is 6.04 Å². The maximum absolute atomic E-state index is 12.9. The van der Waals surface area contributed by atoms with Crippen molar-refractivity contribution in [1.82, 2.24) is 9.80 Å². The lowest BCUT2D eigenvalue weighted by Crippen LogP contribution is -2.49.